The maximum atomic E-state index is 13.9. The van der Waals surface area contributed by atoms with Crippen LogP contribution in [0.25, 0.3) is 0 Å². The Kier molecular flexibility index (Phi) is 4.01. The number of halogens is 3. The third kappa shape index (κ3) is 2.55. The highest BCUT2D eigenvalue weighted by atomic mass is 127. The average Bonchev–Trinajstić information content (AvgIpc) is 2.51. The summed E-state index contributed by atoms with van der Waals surface area (Å²) >= 11 is 7.99. The highest BCUT2D eigenvalue weighted by Gasteiger charge is 2.31. The molecule has 110 valence electrons. The zero-order valence-corrected chi connectivity index (χ0v) is 13.9. The second-order valence-corrected chi connectivity index (χ2v) is 6.27. The number of fused-ring (bicyclic) bond motifs is 1. The third-order valence-corrected chi connectivity index (χ3v) is 4.28. The van der Waals surface area contributed by atoms with Gasteiger partial charge < -0.3 is 5.32 Å². The van der Waals surface area contributed by atoms with Gasteiger partial charge in [0.25, 0.3) is 0 Å². The molecule has 0 amide bonds. The summed E-state index contributed by atoms with van der Waals surface area (Å²) in [5.41, 5.74) is 0.496. The van der Waals surface area contributed by atoms with E-state index in [1.807, 2.05) is 22.6 Å². The number of nitrogens with one attached hydrogen (secondary N) is 1. The molecule has 3 rings (SSSR count). The topological polar surface area (TPSA) is 46.2 Å². The molecular formula is C16H8ClFINO2. The number of carbonyl (C=O) groups is 2. The van der Waals surface area contributed by atoms with Crippen molar-refractivity contribution in [3.8, 4) is 0 Å². The average molecular weight is 428 g/mol. The first-order valence-electron chi connectivity index (χ1n) is 6.29. The van der Waals surface area contributed by atoms with Gasteiger partial charge in [-0.1, -0.05) is 35.9 Å². The number of benzene rings is 2. The van der Waals surface area contributed by atoms with Crippen LogP contribution < -0.4 is 5.32 Å². The predicted molar refractivity (Wildman–Crippen MR) is 90.7 cm³/mol. The van der Waals surface area contributed by atoms with Crippen LogP contribution in [0.15, 0.2) is 53.2 Å². The quantitative estimate of drug-likeness (QED) is 0.724. The molecule has 2 aromatic rings. The third-order valence-electron chi connectivity index (χ3n) is 3.25. The number of ketones is 2. The molecule has 2 aromatic carbocycles. The summed E-state index contributed by atoms with van der Waals surface area (Å²) in [4.78, 5) is 24.7. The van der Waals surface area contributed by atoms with Crippen LogP contribution in [-0.4, -0.2) is 11.6 Å². The molecular weight excluding hydrogens is 420 g/mol. The zero-order valence-electron chi connectivity index (χ0n) is 11.0. The number of Topliss-reactive ketones (excluding diaryl/α,β-unsaturated/α-hetero) is 2. The first-order chi connectivity index (χ1) is 10.5. The van der Waals surface area contributed by atoms with E-state index in [1.54, 1.807) is 30.3 Å². The lowest BCUT2D eigenvalue weighted by Crippen LogP contribution is -2.24. The van der Waals surface area contributed by atoms with Crippen LogP contribution in [0, 0.1) is 9.39 Å². The van der Waals surface area contributed by atoms with Crippen LogP contribution in [0.3, 0.4) is 0 Å². The van der Waals surface area contributed by atoms with E-state index >= 15 is 0 Å². The van der Waals surface area contributed by atoms with Gasteiger partial charge in [-0.25, -0.2) is 4.39 Å². The normalized spacial score (nSPS) is 14.1. The van der Waals surface area contributed by atoms with Crippen molar-refractivity contribution < 1.29 is 14.0 Å². The van der Waals surface area contributed by atoms with Crippen molar-refractivity contribution in [1.29, 1.82) is 0 Å². The summed E-state index contributed by atoms with van der Waals surface area (Å²) < 4.78 is 14.6. The maximum absolute atomic E-state index is 13.9. The minimum atomic E-state index is -0.525. The molecule has 0 bridgehead atoms. The second-order valence-electron chi connectivity index (χ2n) is 4.64. The van der Waals surface area contributed by atoms with E-state index in [0.29, 0.717) is 0 Å². The lowest BCUT2D eigenvalue weighted by Gasteiger charge is -2.19. The van der Waals surface area contributed by atoms with Gasteiger partial charge in [-0.2, -0.15) is 0 Å². The fourth-order valence-electron chi connectivity index (χ4n) is 2.18. The summed E-state index contributed by atoms with van der Waals surface area (Å²) in [6, 6.07) is 10.9. The van der Waals surface area contributed by atoms with Crippen LogP contribution in [0.4, 0.5) is 10.1 Å². The number of carbonyl (C=O) groups excluding carboxylic acids is 2. The lowest BCUT2D eigenvalue weighted by atomic mass is 9.92. The molecule has 0 fully saturated rings. The number of allylic oxidation sites excluding steroid dienone is 2. The summed E-state index contributed by atoms with van der Waals surface area (Å²) in [5, 5.41) is 2.41. The van der Waals surface area contributed by atoms with Crippen molar-refractivity contribution in [3.05, 3.63) is 73.7 Å². The molecule has 0 spiro atoms. The summed E-state index contributed by atoms with van der Waals surface area (Å²) in [5.74, 6) is -1.41. The van der Waals surface area contributed by atoms with Crippen LogP contribution in [0.1, 0.15) is 20.7 Å². The van der Waals surface area contributed by atoms with Crippen molar-refractivity contribution in [2.45, 2.75) is 0 Å². The SMILES string of the molecule is O=C1C(Cl)=C(Nc2ccc(I)cc2F)C(=O)c2ccccc21. The van der Waals surface area contributed by atoms with Crippen molar-refractivity contribution in [2.75, 3.05) is 5.32 Å². The monoisotopic (exact) mass is 427 g/mol. The van der Waals surface area contributed by atoms with Gasteiger partial charge in [-0.05, 0) is 40.8 Å². The van der Waals surface area contributed by atoms with E-state index in [0.717, 1.165) is 3.57 Å². The fourth-order valence-corrected chi connectivity index (χ4v) is 2.87. The number of hydrogen-bond acceptors (Lipinski definition) is 3. The Morgan fingerprint density at radius 1 is 1.00 bits per heavy atom. The largest absolute Gasteiger partial charge is 0.349 e. The van der Waals surface area contributed by atoms with Gasteiger partial charge in [0.15, 0.2) is 0 Å². The predicted octanol–water partition coefficient (Wildman–Crippen LogP) is 4.37. The zero-order chi connectivity index (χ0) is 15.9. The van der Waals surface area contributed by atoms with Gasteiger partial charge in [0, 0.05) is 14.7 Å². The molecule has 22 heavy (non-hydrogen) atoms. The summed E-state index contributed by atoms with van der Waals surface area (Å²) in [6.45, 7) is 0. The summed E-state index contributed by atoms with van der Waals surface area (Å²) in [6.07, 6.45) is 0. The number of rotatable bonds is 2. The molecule has 0 heterocycles. The molecule has 0 saturated carbocycles. The van der Waals surface area contributed by atoms with Crippen LogP contribution in [0.5, 0.6) is 0 Å². The Balaban J connectivity index is 2.05. The first-order valence-corrected chi connectivity index (χ1v) is 7.75. The van der Waals surface area contributed by atoms with E-state index in [-0.39, 0.29) is 27.5 Å². The van der Waals surface area contributed by atoms with Crippen LogP contribution in [0.2, 0.25) is 0 Å². The highest BCUT2D eigenvalue weighted by Crippen LogP contribution is 2.30. The fraction of sp³-hybridized carbons (Fsp3) is 0. The molecule has 0 aromatic heterocycles. The van der Waals surface area contributed by atoms with Crippen molar-refractivity contribution >= 4 is 51.4 Å². The molecule has 1 N–H and O–H groups in total. The number of hydrogen-bond donors (Lipinski definition) is 1. The maximum Gasteiger partial charge on any atom is 0.211 e. The van der Waals surface area contributed by atoms with Crippen molar-refractivity contribution in [2.24, 2.45) is 0 Å². The molecule has 1 aliphatic rings. The second kappa shape index (κ2) is 5.81. The van der Waals surface area contributed by atoms with E-state index < -0.39 is 17.4 Å². The van der Waals surface area contributed by atoms with E-state index in [9.17, 15) is 14.0 Å². The van der Waals surface area contributed by atoms with E-state index in [4.69, 9.17) is 11.6 Å². The van der Waals surface area contributed by atoms with Gasteiger partial charge in [0.1, 0.15) is 16.5 Å². The van der Waals surface area contributed by atoms with Gasteiger partial charge in [-0.3, -0.25) is 9.59 Å². The molecule has 0 radical (unpaired) electrons. The molecule has 0 unspecified atom stereocenters. The Morgan fingerprint density at radius 3 is 2.27 bits per heavy atom. The van der Waals surface area contributed by atoms with Crippen molar-refractivity contribution in [1.82, 2.24) is 0 Å². The molecule has 0 saturated heterocycles. The van der Waals surface area contributed by atoms with Gasteiger partial charge >= 0.3 is 0 Å². The number of anilines is 1. The van der Waals surface area contributed by atoms with E-state index in [1.165, 1.54) is 12.1 Å². The smallest absolute Gasteiger partial charge is 0.211 e. The summed E-state index contributed by atoms with van der Waals surface area (Å²) in [7, 11) is 0. The standard InChI is InChI=1S/C16H8ClFINO2/c17-13-14(20-12-6-5-8(19)7-11(12)18)16(22)10-4-2-1-3-9(10)15(13)21/h1-7,20H. The van der Waals surface area contributed by atoms with Crippen LogP contribution in [-0.2, 0) is 0 Å². The Bertz CT molecular complexity index is 848. The Labute approximate surface area is 144 Å². The van der Waals surface area contributed by atoms with Gasteiger partial charge in [0.05, 0.1) is 5.69 Å². The minimum Gasteiger partial charge on any atom is -0.349 e. The van der Waals surface area contributed by atoms with E-state index in [2.05, 4.69) is 5.32 Å². The van der Waals surface area contributed by atoms with Crippen molar-refractivity contribution in [3.63, 3.8) is 0 Å². The minimum absolute atomic E-state index is 0.0918. The molecule has 0 atom stereocenters. The van der Waals surface area contributed by atoms with Gasteiger partial charge in [-0.15, -0.1) is 0 Å². The first kappa shape index (κ1) is 15.2. The molecule has 3 nitrogen and oxygen atoms in total. The molecule has 0 aliphatic heterocycles. The Morgan fingerprint density at radius 2 is 1.64 bits per heavy atom. The molecule has 1 aliphatic carbocycles. The van der Waals surface area contributed by atoms with Gasteiger partial charge in [0.2, 0.25) is 11.6 Å². The Hall–Kier alpha value is -1.73. The lowest BCUT2D eigenvalue weighted by molar-refractivity contribution is 0.0982. The molecule has 6 heteroatoms. The van der Waals surface area contributed by atoms with Crippen LogP contribution >= 0.6 is 34.2 Å². The highest BCUT2D eigenvalue weighted by molar-refractivity contribution is 14.1.